The van der Waals surface area contributed by atoms with E-state index in [0.29, 0.717) is 10.0 Å². The van der Waals surface area contributed by atoms with Crippen LogP contribution in [0.5, 0.6) is 0 Å². The Morgan fingerprint density at radius 1 is 1.13 bits per heavy atom. The van der Waals surface area contributed by atoms with E-state index in [1.807, 2.05) is 28.5 Å². The van der Waals surface area contributed by atoms with Crippen molar-refractivity contribution in [2.45, 2.75) is 19.8 Å². The zero-order valence-electron chi connectivity index (χ0n) is 16.5. The van der Waals surface area contributed by atoms with Crippen LogP contribution in [0.25, 0.3) is 0 Å². The van der Waals surface area contributed by atoms with Gasteiger partial charge in [0.25, 0.3) is 5.91 Å². The number of hydrogen-bond acceptors (Lipinski definition) is 4. The molecule has 1 N–H and O–H groups in total. The highest BCUT2D eigenvalue weighted by Crippen LogP contribution is 2.28. The van der Waals surface area contributed by atoms with Crippen LogP contribution in [-0.4, -0.2) is 23.3 Å². The van der Waals surface area contributed by atoms with Gasteiger partial charge in [-0.25, -0.2) is 4.98 Å². The summed E-state index contributed by atoms with van der Waals surface area (Å²) in [5.41, 5.74) is 3.06. The zero-order chi connectivity index (χ0) is 21.9. The molecule has 1 aliphatic heterocycles. The molecule has 0 saturated carbocycles. The average molecular weight is 440 g/mol. The number of benzene rings is 2. The van der Waals surface area contributed by atoms with E-state index < -0.39 is 0 Å². The van der Waals surface area contributed by atoms with Crippen molar-refractivity contribution in [2.24, 2.45) is 0 Å². The Morgan fingerprint density at radius 2 is 1.83 bits per heavy atom. The van der Waals surface area contributed by atoms with Crippen molar-refractivity contribution >= 4 is 46.1 Å². The lowest BCUT2D eigenvalue weighted by molar-refractivity contribution is -0.114. The van der Waals surface area contributed by atoms with Gasteiger partial charge in [-0.3, -0.25) is 9.59 Å². The molecule has 4 rings (SSSR count). The Bertz CT molecular complexity index is 985. The highest BCUT2D eigenvalue weighted by atomic mass is 35.5. The third kappa shape index (κ3) is 6.45. The fraction of sp³-hybridized carbons (Fsp3) is 0.174. The van der Waals surface area contributed by atoms with Gasteiger partial charge in [-0.1, -0.05) is 29.8 Å². The Balaban J connectivity index is 0.000000215. The molecule has 1 aromatic heterocycles. The van der Waals surface area contributed by atoms with Crippen LogP contribution in [0.1, 0.15) is 28.7 Å². The molecular formula is C23H22ClN3O2S. The first-order valence-electron chi connectivity index (χ1n) is 9.20. The van der Waals surface area contributed by atoms with Crippen molar-refractivity contribution < 1.29 is 9.59 Å². The summed E-state index contributed by atoms with van der Waals surface area (Å²) < 4.78 is 0. The smallest absolute Gasteiger partial charge is 0.287 e. The number of carbonyl (C=O) groups excluding carboxylic acids is 2. The van der Waals surface area contributed by atoms with Crippen LogP contribution in [0.15, 0.2) is 60.1 Å². The van der Waals surface area contributed by atoms with Gasteiger partial charge in [0.05, 0.1) is 0 Å². The number of terminal acetylenes is 1. The number of rotatable bonds is 2. The van der Waals surface area contributed by atoms with Gasteiger partial charge >= 0.3 is 0 Å². The Kier molecular flexibility index (Phi) is 9.07. The predicted molar refractivity (Wildman–Crippen MR) is 124 cm³/mol. The maximum absolute atomic E-state index is 12.3. The van der Waals surface area contributed by atoms with Crippen molar-refractivity contribution in [1.82, 2.24) is 4.98 Å². The molecule has 0 saturated heterocycles. The lowest BCUT2D eigenvalue weighted by Gasteiger charge is -2.28. The van der Waals surface area contributed by atoms with Gasteiger partial charge in [0.2, 0.25) is 5.91 Å². The first kappa shape index (κ1) is 23.1. The number of thiazole rings is 1. The topological polar surface area (TPSA) is 62.3 Å². The van der Waals surface area contributed by atoms with Crippen LogP contribution < -0.4 is 10.2 Å². The lowest BCUT2D eigenvalue weighted by atomic mass is 10.0. The molecule has 2 amide bonds. The molecule has 30 heavy (non-hydrogen) atoms. The van der Waals surface area contributed by atoms with Crippen LogP contribution in [0.3, 0.4) is 0 Å². The van der Waals surface area contributed by atoms with E-state index in [4.69, 9.17) is 11.6 Å². The van der Waals surface area contributed by atoms with Gasteiger partial charge in [-0.05, 0) is 48.7 Å². The lowest BCUT2D eigenvalue weighted by Crippen LogP contribution is -2.35. The van der Waals surface area contributed by atoms with Crippen molar-refractivity contribution in [3.8, 4) is 12.8 Å². The zero-order valence-corrected chi connectivity index (χ0v) is 18.1. The van der Waals surface area contributed by atoms with E-state index in [-0.39, 0.29) is 11.8 Å². The Hall–Kier alpha value is -3.14. The summed E-state index contributed by atoms with van der Waals surface area (Å²) >= 11 is 7.03. The molecule has 0 atom stereocenters. The first-order chi connectivity index (χ1) is 14.5. The summed E-state index contributed by atoms with van der Waals surface area (Å²) in [6.07, 6.45) is 11.7. The van der Waals surface area contributed by atoms with Gasteiger partial charge in [0, 0.05) is 41.4 Å². The number of hydrogen-bond donors (Lipinski definition) is 1. The van der Waals surface area contributed by atoms with Gasteiger partial charge in [-0.2, -0.15) is 0 Å². The molecule has 0 unspecified atom stereocenters. The first-order valence-corrected chi connectivity index (χ1v) is 10.5. The summed E-state index contributed by atoms with van der Waals surface area (Å²) in [7, 11) is 0. The molecule has 0 fully saturated rings. The normalized spacial score (nSPS) is 11.7. The van der Waals surface area contributed by atoms with Crippen molar-refractivity contribution in [1.29, 1.82) is 0 Å². The largest absolute Gasteiger partial charge is 0.326 e. The standard InChI is InChI=1S/C13H12N2OS.C8H8ClNO.C2H2/c16-13(12-14-7-9-17-12)15-8-3-5-10-4-1-2-6-11(10)15;1-6(11)10-8-4-2-7(9)3-5-8;1-2/h1-2,4,6-7,9H,3,5,8H2;2-5H,1H3,(H,10,11);1-2H. The molecule has 0 aliphatic carbocycles. The van der Waals surface area contributed by atoms with Crippen LogP contribution in [0.4, 0.5) is 11.4 Å². The summed E-state index contributed by atoms with van der Waals surface area (Å²) in [6.45, 7) is 2.25. The number of fused-ring (bicyclic) bond motifs is 1. The minimum atomic E-state index is -0.0766. The second kappa shape index (κ2) is 11.8. The fourth-order valence-corrected chi connectivity index (χ4v) is 3.63. The SMILES string of the molecule is C#C.CC(=O)Nc1ccc(Cl)cc1.O=C(c1nccs1)N1CCCc2ccccc21. The van der Waals surface area contributed by atoms with Crippen LogP contribution in [-0.2, 0) is 11.2 Å². The minimum absolute atomic E-state index is 0.0205. The second-order valence-corrected chi connectivity index (χ2v) is 7.55. The molecule has 2 aromatic carbocycles. The molecule has 3 aromatic rings. The van der Waals surface area contributed by atoms with E-state index in [0.717, 1.165) is 30.8 Å². The van der Waals surface area contributed by atoms with E-state index in [9.17, 15) is 9.59 Å². The van der Waals surface area contributed by atoms with Crippen LogP contribution in [0, 0.1) is 12.8 Å². The maximum atomic E-state index is 12.3. The number of amides is 2. The predicted octanol–water partition coefficient (Wildman–Crippen LogP) is 5.28. The molecular weight excluding hydrogens is 418 g/mol. The highest BCUT2D eigenvalue weighted by molar-refractivity contribution is 7.11. The van der Waals surface area contributed by atoms with Crippen LogP contribution in [0.2, 0.25) is 5.02 Å². The third-order valence-corrected chi connectivity index (χ3v) is 5.15. The fourth-order valence-electron chi connectivity index (χ4n) is 2.93. The molecule has 7 heteroatoms. The highest BCUT2D eigenvalue weighted by Gasteiger charge is 2.24. The quantitative estimate of drug-likeness (QED) is 0.552. The summed E-state index contributed by atoms with van der Waals surface area (Å²) in [6, 6.07) is 15.1. The molecule has 5 nitrogen and oxygen atoms in total. The number of para-hydroxylation sites is 1. The maximum Gasteiger partial charge on any atom is 0.287 e. The molecule has 0 bridgehead atoms. The van der Waals surface area contributed by atoms with Gasteiger partial charge in [0.1, 0.15) is 0 Å². The molecule has 1 aliphatic rings. The third-order valence-electron chi connectivity index (χ3n) is 4.14. The number of nitrogens with one attached hydrogen (secondary N) is 1. The molecule has 154 valence electrons. The van der Waals surface area contributed by atoms with Crippen molar-refractivity contribution in [3.05, 3.63) is 75.7 Å². The average Bonchev–Trinajstić information content (AvgIpc) is 3.31. The molecule has 0 radical (unpaired) electrons. The number of carbonyl (C=O) groups is 2. The number of anilines is 2. The number of halogens is 1. The summed E-state index contributed by atoms with van der Waals surface area (Å²) in [4.78, 5) is 28.8. The second-order valence-electron chi connectivity index (χ2n) is 6.21. The van der Waals surface area contributed by atoms with Crippen LogP contribution >= 0.6 is 22.9 Å². The number of aryl methyl sites for hydroxylation is 1. The molecule has 0 spiro atoms. The minimum Gasteiger partial charge on any atom is -0.326 e. The van der Waals surface area contributed by atoms with E-state index in [2.05, 4.69) is 29.2 Å². The molecule has 2 heterocycles. The van der Waals surface area contributed by atoms with Crippen molar-refractivity contribution in [2.75, 3.05) is 16.8 Å². The monoisotopic (exact) mass is 439 g/mol. The summed E-state index contributed by atoms with van der Waals surface area (Å²) in [5.74, 6) is -0.0560. The summed E-state index contributed by atoms with van der Waals surface area (Å²) in [5, 5.41) is 5.71. The number of nitrogens with zero attached hydrogens (tertiary/aromatic N) is 2. The van der Waals surface area contributed by atoms with Gasteiger partial charge < -0.3 is 10.2 Å². The Labute approximate surface area is 185 Å². The van der Waals surface area contributed by atoms with Gasteiger partial charge in [0.15, 0.2) is 5.01 Å². The van der Waals surface area contributed by atoms with Crippen molar-refractivity contribution in [3.63, 3.8) is 0 Å². The van der Waals surface area contributed by atoms with E-state index in [1.165, 1.54) is 23.8 Å². The Morgan fingerprint density at radius 3 is 2.47 bits per heavy atom. The van der Waals surface area contributed by atoms with Gasteiger partial charge in [-0.15, -0.1) is 24.2 Å². The van der Waals surface area contributed by atoms with E-state index >= 15 is 0 Å². The van der Waals surface area contributed by atoms with E-state index in [1.54, 1.807) is 30.5 Å². The number of aromatic nitrogens is 1.